The maximum atomic E-state index is 11.3. The number of hydrogen-bond acceptors (Lipinski definition) is 3. The van der Waals surface area contributed by atoms with E-state index in [4.69, 9.17) is 9.84 Å². The van der Waals surface area contributed by atoms with Crippen molar-refractivity contribution in [1.82, 2.24) is 0 Å². The summed E-state index contributed by atoms with van der Waals surface area (Å²) in [6.07, 6.45) is 2.27. The Hall–Kier alpha value is -1.10. The normalized spacial score (nSPS) is 39.8. The van der Waals surface area contributed by atoms with Gasteiger partial charge in [0.25, 0.3) is 0 Å². The molecule has 0 heterocycles. The number of carbonyl (C=O) groups is 2. The molecule has 18 heavy (non-hydrogen) atoms. The molecule has 2 N–H and O–H groups in total. The molecule has 0 radical (unpaired) electrons. The van der Waals surface area contributed by atoms with E-state index < -0.39 is 23.8 Å². The molecule has 0 aromatic rings. The third-order valence-corrected chi connectivity index (χ3v) is 4.50. The van der Waals surface area contributed by atoms with Gasteiger partial charge in [0.1, 0.15) is 0 Å². The van der Waals surface area contributed by atoms with Gasteiger partial charge < -0.3 is 14.9 Å². The summed E-state index contributed by atoms with van der Waals surface area (Å²) < 4.78 is 5.85. The van der Waals surface area contributed by atoms with Gasteiger partial charge in [-0.05, 0) is 38.0 Å². The van der Waals surface area contributed by atoms with Crippen molar-refractivity contribution in [2.75, 3.05) is 0 Å². The highest BCUT2D eigenvalue weighted by molar-refractivity contribution is 5.81. The second kappa shape index (κ2) is 4.88. The van der Waals surface area contributed by atoms with E-state index in [1.165, 1.54) is 0 Å². The minimum Gasteiger partial charge on any atom is -0.481 e. The van der Waals surface area contributed by atoms with Crippen LogP contribution >= 0.6 is 0 Å². The van der Waals surface area contributed by atoms with E-state index in [1.807, 2.05) is 13.8 Å². The van der Waals surface area contributed by atoms with E-state index in [9.17, 15) is 14.7 Å². The van der Waals surface area contributed by atoms with Crippen LogP contribution < -0.4 is 0 Å². The SMILES string of the molecule is CCC(C)OC1CC2CC1C(C(=O)O)C2C(=O)O. The molecule has 0 amide bonds. The van der Waals surface area contributed by atoms with E-state index in [2.05, 4.69) is 0 Å². The van der Waals surface area contributed by atoms with Gasteiger partial charge in [-0.15, -0.1) is 0 Å². The van der Waals surface area contributed by atoms with Gasteiger partial charge in [0.2, 0.25) is 0 Å². The molecule has 0 saturated heterocycles. The van der Waals surface area contributed by atoms with E-state index in [0.717, 1.165) is 6.42 Å². The molecule has 102 valence electrons. The van der Waals surface area contributed by atoms with Gasteiger partial charge in [-0.3, -0.25) is 9.59 Å². The largest absolute Gasteiger partial charge is 0.481 e. The number of carboxylic acid groups (broad SMARTS) is 2. The summed E-state index contributed by atoms with van der Waals surface area (Å²) in [6.45, 7) is 3.99. The smallest absolute Gasteiger partial charge is 0.307 e. The van der Waals surface area contributed by atoms with Crippen LogP contribution in [-0.4, -0.2) is 34.4 Å². The molecule has 6 unspecified atom stereocenters. The maximum absolute atomic E-state index is 11.3. The average Bonchev–Trinajstić information content (AvgIpc) is 2.85. The molecule has 6 atom stereocenters. The third kappa shape index (κ3) is 2.11. The molecule has 2 saturated carbocycles. The molecule has 2 aliphatic carbocycles. The topological polar surface area (TPSA) is 83.8 Å². The number of hydrogen-bond donors (Lipinski definition) is 2. The van der Waals surface area contributed by atoms with Crippen LogP contribution in [0, 0.1) is 23.7 Å². The minimum absolute atomic E-state index is 0.0392. The average molecular weight is 256 g/mol. The van der Waals surface area contributed by atoms with Crippen LogP contribution in [0.1, 0.15) is 33.1 Å². The van der Waals surface area contributed by atoms with Gasteiger partial charge in [0.15, 0.2) is 0 Å². The Morgan fingerprint density at radius 1 is 1.22 bits per heavy atom. The molecule has 0 aliphatic heterocycles. The zero-order valence-electron chi connectivity index (χ0n) is 10.7. The van der Waals surface area contributed by atoms with Gasteiger partial charge in [0.05, 0.1) is 24.0 Å². The lowest BCUT2D eigenvalue weighted by Gasteiger charge is -2.32. The Morgan fingerprint density at radius 2 is 1.83 bits per heavy atom. The summed E-state index contributed by atoms with van der Waals surface area (Å²) in [5, 5.41) is 18.4. The summed E-state index contributed by atoms with van der Waals surface area (Å²) >= 11 is 0. The lowest BCUT2D eigenvalue weighted by atomic mass is 9.78. The molecular weight excluding hydrogens is 236 g/mol. The number of ether oxygens (including phenoxy) is 1. The molecule has 0 spiro atoms. The molecule has 0 aromatic carbocycles. The molecule has 2 fully saturated rings. The molecule has 0 aromatic heterocycles. The van der Waals surface area contributed by atoms with Crippen molar-refractivity contribution in [3.8, 4) is 0 Å². The van der Waals surface area contributed by atoms with Crippen molar-refractivity contribution in [1.29, 1.82) is 0 Å². The Bertz CT molecular complexity index is 353. The fourth-order valence-corrected chi connectivity index (χ4v) is 3.54. The quantitative estimate of drug-likeness (QED) is 0.780. The highest BCUT2D eigenvalue weighted by Crippen LogP contribution is 2.53. The van der Waals surface area contributed by atoms with Crippen LogP contribution in [0.2, 0.25) is 0 Å². The monoisotopic (exact) mass is 256 g/mol. The molecular formula is C13H20O5. The van der Waals surface area contributed by atoms with Crippen molar-refractivity contribution in [3.05, 3.63) is 0 Å². The summed E-state index contributed by atoms with van der Waals surface area (Å²) in [6, 6.07) is 0. The van der Waals surface area contributed by atoms with Gasteiger partial charge >= 0.3 is 11.9 Å². The van der Waals surface area contributed by atoms with E-state index in [0.29, 0.717) is 12.8 Å². The third-order valence-electron chi connectivity index (χ3n) is 4.50. The van der Waals surface area contributed by atoms with E-state index >= 15 is 0 Å². The highest BCUT2D eigenvalue weighted by atomic mass is 16.5. The minimum atomic E-state index is -0.993. The molecule has 5 nitrogen and oxygen atoms in total. The van der Waals surface area contributed by atoms with Gasteiger partial charge in [-0.2, -0.15) is 0 Å². The summed E-state index contributed by atoms with van der Waals surface area (Å²) in [5.74, 6) is -3.66. The van der Waals surface area contributed by atoms with Crippen LogP contribution in [0.5, 0.6) is 0 Å². The Balaban J connectivity index is 2.12. The first-order valence-electron chi connectivity index (χ1n) is 6.56. The van der Waals surface area contributed by atoms with Crippen molar-refractivity contribution in [3.63, 3.8) is 0 Å². The van der Waals surface area contributed by atoms with Crippen molar-refractivity contribution in [2.45, 2.75) is 45.3 Å². The number of aliphatic carboxylic acids is 2. The predicted molar refractivity (Wildman–Crippen MR) is 63.1 cm³/mol. The zero-order chi connectivity index (χ0) is 13.4. The van der Waals surface area contributed by atoms with Crippen molar-refractivity contribution in [2.24, 2.45) is 23.7 Å². The maximum Gasteiger partial charge on any atom is 0.307 e. The van der Waals surface area contributed by atoms with Gasteiger partial charge in [0, 0.05) is 0 Å². The number of rotatable bonds is 5. The van der Waals surface area contributed by atoms with Crippen molar-refractivity contribution < 1.29 is 24.5 Å². The number of fused-ring (bicyclic) bond motifs is 2. The van der Waals surface area contributed by atoms with Crippen LogP contribution in [-0.2, 0) is 14.3 Å². The second-order valence-electron chi connectivity index (χ2n) is 5.52. The Kier molecular flexibility index (Phi) is 3.61. The van der Waals surface area contributed by atoms with Crippen molar-refractivity contribution >= 4 is 11.9 Å². The first-order valence-corrected chi connectivity index (χ1v) is 6.56. The molecule has 2 rings (SSSR count). The van der Waals surface area contributed by atoms with E-state index in [-0.39, 0.29) is 24.0 Å². The van der Waals surface area contributed by atoms with Crippen LogP contribution in [0.15, 0.2) is 0 Å². The molecule has 2 aliphatic rings. The lowest BCUT2D eigenvalue weighted by molar-refractivity contribution is -0.161. The fourth-order valence-electron chi connectivity index (χ4n) is 3.54. The van der Waals surface area contributed by atoms with E-state index in [1.54, 1.807) is 0 Å². The molecule has 2 bridgehead atoms. The predicted octanol–water partition coefficient (Wildman–Crippen LogP) is 1.61. The first-order chi connectivity index (χ1) is 8.45. The second-order valence-corrected chi connectivity index (χ2v) is 5.52. The van der Waals surface area contributed by atoms with Gasteiger partial charge in [-0.1, -0.05) is 6.92 Å². The summed E-state index contributed by atoms with van der Waals surface area (Å²) in [4.78, 5) is 22.5. The standard InChI is InChI=1S/C13H20O5/c1-3-6(2)18-9-5-7-4-8(9)11(13(16)17)10(7)12(14)15/h6-11H,3-5H2,1-2H3,(H,14,15)(H,16,17). The first kappa shape index (κ1) is 13.3. The lowest BCUT2D eigenvalue weighted by Crippen LogP contribution is -2.41. The fraction of sp³-hybridized carbons (Fsp3) is 0.846. The van der Waals surface area contributed by atoms with Crippen LogP contribution in [0.4, 0.5) is 0 Å². The molecule has 5 heteroatoms. The zero-order valence-corrected chi connectivity index (χ0v) is 10.7. The van der Waals surface area contributed by atoms with Crippen LogP contribution in [0.3, 0.4) is 0 Å². The van der Waals surface area contributed by atoms with Gasteiger partial charge in [-0.25, -0.2) is 0 Å². The Labute approximate surface area is 106 Å². The summed E-state index contributed by atoms with van der Waals surface area (Å²) in [5.41, 5.74) is 0. The summed E-state index contributed by atoms with van der Waals surface area (Å²) in [7, 11) is 0. The Morgan fingerprint density at radius 3 is 2.33 bits per heavy atom. The van der Waals surface area contributed by atoms with Crippen LogP contribution in [0.25, 0.3) is 0 Å². The number of carboxylic acids is 2. The highest BCUT2D eigenvalue weighted by Gasteiger charge is 2.58.